The zero-order valence-electron chi connectivity index (χ0n) is 5.22. The van der Waals surface area contributed by atoms with Gasteiger partial charge in [0, 0.05) is 5.92 Å². The molecule has 1 fully saturated rings. The van der Waals surface area contributed by atoms with Gasteiger partial charge in [0.2, 0.25) is 0 Å². The largest absolute Gasteiger partial charge is 0.379 e. The lowest BCUT2D eigenvalue weighted by atomic mass is 10.2. The first-order valence-electron chi connectivity index (χ1n) is 3.05. The van der Waals surface area contributed by atoms with Gasteiger partial charge >= 0.3 is 0 Å². The van der Waals surface area contributed by atoms with Crippen LogP contribution in [0.15, 0.2) is 0 Å². The van der Waals surface area contributed by atoms with Crippen molar-refractivity contribution >= 4 is 0 Å². The van der Waals surface area contributed by atoms with Gasteiger partial charge in [0.15, 0.2) is 0 Å². The highest BCUT2D eigenvalue weighted by atomic mass is 16.5. The first-order chi connectivity index (χ1) is 3.89. The van der Waals surface area contributed by atoms with Gasteiger partial charge in [-0.3, -0.25) is 0 Å². The Balaban J connectivity index is 2.17. The molecule has 0 radical (unpaired) electrons. The molecule has 0 aromatic carbocycles. The van der Waals surface area contributed by atoms with Crippen molar-refractivity contribution in [2.75, 3.05) is 26.4 Å². The van der Waals surface area contributed by atoms with Gasteiger partial charge in [-0.15, -0.1) is 0 Å². The lowest BCUT2D eigenvalue weighted by Gasteiger charge is -2.02. The first kappa shape index (κ1) is 6.05. The summed E-state index contributed by atoms with van der Waals surface area (Å²) >= 11 is 0. The molecule has 0 saturated carbocycles. The maximum absolute atomic E-state index is 5.18. The smallest absolute Gasteiger partial charge is 0.0700 e. The molecule has 1 rings (SSSR count). The summed E-state index contributed by atoms with van der Waals surface area (Å²) in [6.07, 6.45) is 0. The molecule has 48 valence electrons. The molecule has 0 aliphatic carbocycles. The fraction of sp³-hybridized carbons (Fsp3) is 1.00. The average Bonchev–Trinajstić information content (AvgIpc) is 1.94. The number of ether oxygens (including phenoxy) is 2. The topological polar surface area (TPSA) is 18.5 Å². The van der Waals surface area contributed by atoms with Crippen molar-refractivity contribution < 1.29 is 9.47 Å². The van der Waals surface area contributed by atoms with E-state index in [0.717, 1.165) is 26.4 Å². The molecular weight excluding hydrogens is 104 g/mol. The summed E-state index contributed by atoms with van der Waals surface area (Å²) in [6, 6.07) is 0. The van der Waals surface area contributed by atoms with Crippen LogP contribution in [0.5, 0.6) is 0 Å². The molecule has 0 atom stereocenters. The molecule has 0 spiro atoms. The van der Waals surface area contributed by atoms with Crippen molar-refractivity contribution in [1.29, 1.82) is 0 Å². The quantitative estimate of drug-likeness (QED) is 0.463. The minimum Gasteiger partial charge on any atom is -0.379 e. The molecular formula is C6H12O2. The third kappa shape index (κ3) is 1.80. The maximum Gasteiger partial charge on any atom is 0.0700 e. The van der Waals surface area contributed by atoms with Crippen molar-refractivity contribution in [2.45, 2.75) is 6.92 Å². The molecule has 1 saturated heterocycles. The van der Waals surface area contributed by atoms with E-state index in [9.17, 15) is 0 Å². The van der Waals surface area contributed by atoms with Gasteiger partial charge in [-0.1, -0.05) is 6.92 Å². The van der Waals surface area contributed by atoms with Crippen LogP contribution in [0.4, 0.5) is 0 Å². The highest BCUT2D eigenvalue weighted by molar-refractivity contribution is 4.51. The van der Waals surface area contributed by atoms with Crippen LogP contribution in [-0.2, 0) is 9.47 Å². The second-order valence-electron chi connectivity index (χ2n) is 2.26. The van der Waals surface area contributed by atoms with Crippen LogP contribution in [0, 0.1) is 5.92 Å². The third-order valence-corrected chi connectivity index (χ3v) is 1.18. The molecule has 0 aromatic rings. The minimum atomic E-state index is 0.581. The van der Waals surface area contributed by atoms with E-state index in [2.05, 4.69) is 6.92 Å². The van der Waals surface area contributed by atoms with Crippen LogP contribution in [0.3, 0.4) is 0 Å². The van der Waals surface area contributed by atoms with E-state index in [1.165, 1.54) is 0 Å². The predicted molar refractivity (Wildman–Crippen MR) is 30.8 cm³/mol. The average molecular weight is 116 g/mol. The minimum absolute atomic E-state index is 0.581. The molecule has 2 nitrogen and oxygen atoms in total. The Morgan fingerprint density at radius 2 is 1.62 bits per heavy atom. The number of hydrogen-bond acceptors (Lipinski definition) is 2. The Morgan fingerprint density at radius 3 is 2.12 bits per heavy atom. The molecule has 1 aliphatic heterocycles. The normalized spacial score (nSPS) is 25.1. The Bertz CT molecular complexity index is 55.5. The Hall–Kier alpha value is -0.0800. The second kappa shape index (κ2) is 3.05. The summed E-state index contributed by atoms with van der Waals surface area (Å²) in [5.74, 6) is 0.581. The van der Waals surface area contributed by atoms with Crippen molar-refractivity contribution in [3.8, 4) is 0 Å². The Kier molecular flexibility index (Phi) is 2.30. The SMILES string of the molecule is CC1COCCOC1. The first-order valence-corrected chi connectivity index (χ1v) is 3.05. The summed E-state index contributed by atoms with van der Waals surface area (Å²) in [4.78, 5) is 0. The molecule has 0 unspecified atom stereocenters. The predicted octanol–water partition coefficient (Wildman–Crippen LogP) is 0.669. The molecule has 0 amide bonds. The highest BCUT2D eigenvalue weighted by Gasteiger charge is 2.05. The lowest BCUT2D eigenvalue weighted by molar-refractivity contribution is 0.103. The number of rotatable bonds is 0. The van der Waals surface area contributed by atoms with E-state index < -0.39 is 0 Å². The monoisotopic (exact) mass is 116 g/mol. The second-order valence-corrected chi connectivity index (χ2v) is 2.26. The zero-order valence-corrected chi connectivity index (χ0v) is 5.22. The summed E-state index contributed by atoms with van der Waals surface area (Å²) in [6.45, 7) is 5.39. The molecule has 0 N–H and O–H groups in total. The zero-order chi connectivity index (χ0) is 5.82. The standard InChI is InChI=1S/C6H12O2/c1-6-4-7-2-3-8-5-6/h6H,2-5H2,1H3. The van der Waals surface area contributed by atoms with Gasteiger partial charge in [0.25, 0.3) is 0 Å². The van der Waals surface area contributed by atoms with E-state index >= 15 is 0 Å². The van der Waals surface area contributed by atoms with Gasteiger partial charge in [0.1, 0.15) is 0 Å². The summed E-state index contributed by atoms with van der Waals surface area (Å²) in [5, 5.41) is 0. The van der Waals surface area contributed by atoms with Gasteiger partial charge in [-0.2, -0.15) is 0 Å². The van der Waals surface area contributed by atoms with E-state index in [0.29, 0.717) is 5.92 Å². The summed E-state index contributed by atoms with van der Waals surface area (Å²) in [7, 11) is 0. The van der Waals surface area contributed by atoms with Gasteiger partial charge < -0.3 is 9.47 Å². The fourth-order valence-corrected chi connectivity index (χ4v) is 0.735. The van der Waals surface area contributed by atoms with Gasteiger partial charge in [0.05, 0.1) is 26.4 Å². The molecule has 1 aliphatic rings. The Morgan fingerprint density at radius 1 is 1.12 bits per heavy atom. The van der Waals surface area contributed by atoms with Crippen LogP contribution in [0.1, 0.15) is 6.92 Å². The number of hydrogen-bond donors (Lipinski definition) is 0. The van der Waals surface area contributed by atoms with Crippen LogP contribution < -0.4 is 0 Å². The third-order valence-electron chi connectivity index (χ3n) is 1.18. The van der Waals surface area contributed by atoms with Crippen molar-refractivity contribution in [2.24, 2.45) is 5.92 Å². The van der Waals surface area contributed by atoms with Crippen LogP contribution in [-0.4, -0.2) is 26.4 Å². The molecule has 0 bridgehead atoms. The van der Waals surface area contributed by atoms with Crippen LogP contribution >= 0.6 is 0 Å². The van der Waals surface area contributed by atoms with E-state index in [4.69, 9.17) is 9.47 Å². The van der Waals surface area contributed by atoms with E-state index in [-0.39, 0.29) is 0 Å². The fourth-order valence-electron chi connectivity index (χ4n) is 0.735. The molecule has 0 aromatic heterocycles. The molecule has 2 heteroatoms. The van der Waals surface area contributed by atoms with E-state index in [1.807, 2.05) is 0 Å². The maximum atomic E-state index is 5.18. The van der Waals surface area contributed by atoms with Crippen molar-refractivity contribution in [1.82, 2.24) is 0 Å². The Labute approximate surface area is 49.8 Å². The molecule has 8 heavy (non-hydrogen) atoms. The lowest BCUT2D eigenvalue weighted by Crippen LogP contribution is -2.06. The van der Waals surface area contributed by atoms with Crippen LogP contribution in [0.25, 0.3) is 0 Å². The van der Waals surface area contributed by atoms with E-state index in [1.54, 1.807) is 0 Å². The van der Waals surface area contributed by atoms with Gasteiger partial charge in [-0.05, 0) is 0 Å². The summed E-state index contributed by atoms with van der Waals surface area (Å²) in [5.41, 5.74) is 0. The van der Waals surface area contributed by atoms with Crippen molar-refractivity contribution in [3.05, 3.63) is 0 Å². The van der Waals surface area contributed by atoms with Crippen LogP contribution in [0.2, 0.25) is 0 Å². The van der Waals surface area contributed by atoms with Gasteiger partial charge in [-0.25, -0.2) is 0 Å². The highest BCUT2D eigenvalue weighted by Crippen LogP contribution is 2.00. The summed E-state index contributed by atoms with van der Waals surface area (Å²) < 4.78 is 10.4. The van der Waals surface area contributed by atoms with Crippen molar-refractivity contribution in [3.63, 3.8) is 0 Å². The molecule has 1 heterocycles.